The first-order chi connectivity index (χ1) is 12.3. The lowest BCUT2D eigenvalue weighted by atomic mass is 10.0. The normalized spacial score (nSPS) is 13.4. The van der Waals surface area contributed by atoms with Gasteiger partial charge in [-0.25, -0.2) is 9.97 Å². The van der Waals surface area contributed by atoms with Crippen LogP contribution in [0.5, 0.6) is 0 Å². The maximum absolute atomic E-state index is 11.7. The summed E-state index contributed by atoms with van der Waals surface area (Å²) in [7, 11) is 0. The van der Waals surface area contributed by atoms with E-state index < -0.39 is 0 Å². The Hall–Kier alpha value is -3.08. The molecule has 1 aliphatic carbocycles. The SMILES string of the molecule is O=C(NCc1ccc(-c2ncncc2-c2ccncc2)cc1)C1CC1. The molecule has 25 heavy (non-hydrogen) atoms. The number of pyridine rings is 1. The van der Waals surface area contributed by atoms with Gasteiger partial charge >= 0.3 is 0 Å². The van der Waals surface area contributed by atoms with Gasteiger partial charge in [-0.1, -0.05) is 24.3 Å². The number of hydrogen-bond acceptors (Lipinski definition) is 4. The van der Waals surface area contributed by atoms with Crippen molar-refractivity contribution < 1.29 is 4.79 Å². The topological polar surface area (TPSA) is 67.8 Å². The first kappa shape index (κ1) is 15.4. The zero-order valence-corrected chi connectivity index (χ0v) is 13.7. The molecule has 2 aromatic heterocycles. The van der Waals surface area contributed by atoms with Gasteiger partial charge < -0.3 is 5.32 Å². The zero-order valence-electron chi connectivity index (χ0n) is 13.7. The monoisotopic (exact) mass is 330 g/mol. The zero-order chi connectivity index (χ0) is 17.1. The molecule has 0 spiro atoms. The van der Waals surface area contributed by atoms with E-state index in [0.29, 0.717) is 6.54 Å². The fraction of sp³-hybridized carbons (Fsp3) is 0.200. The molecule has 124 valence electrons. The lowest BCUT2D eigenvalue weighted by Gasteiger charge is -2.09. The van der Waals surface area contributed by atoms with Crippen LogP contribution in [0.4, 0.5) is 0 Å². The minimum Gasteiger partial charge on any atom is -0.352 e. The average molecular weight is 330 g/mol. The van der Waals surface area contributed by atoms with Gasteiger partial charge in [0, 0.05) is 42.2 Å². The fourth-order valence-corrected chi connectivity index (χ4v) is 2.76. The molecule has 0 bridgehead atoms. The molecule has 4 rings (SSSR count). The third kappa shape index (κ3) is 3.55. The van der Waals surface area contributed by atoms with Crippen molar-refractivity contribution in [2.24, 2.45) is 5.92 Å². The molecule has 0 atom stereocenters. The average Bonchev–Trinajstić information content (AvgIpc) is 3.53. The van der Waals surface area contributed by atoms with Crippen LogP contribution in [-0.4, -0.2) is 20.9 Å². The molecule has 2 heterocycles. The summed E-state index contributed by atoms with van der Waals surface area (Å²) in [6.07, 6.45) is 8.95. The van der Waals surface area contributed by atoms with Crippen LogP contribution in [0, 0.1) is 5.92 Å². The van der Waals surface area contributed by atoms with E-state index in [1.165, 1.54) is 0 Å². The smallest absolute Gasteiger partial charge is 0.223 e. The standard InChI is InChI=1S/C20H18N4O/c25-20(17-5-6-17)23-11-14-1-3-16(4-2-14)19-18(12-22-13-24-19)15-7-9-21-10-8-15/h1-4,7-10,12-13,17H,5-6,11H2,(H,23,25). The van der Waals surface area contributed by atoms with Crippen LogP contribution < -0.4 is 5.32 Å². The Morgan fingerprint density at radius 1 is 1.00 bits per heavy atom. The summed E-state index contributed by atoms with van der Waals surface area (Å²) in [5.41, 5.74) is 4.99. The van der Waals surface area contributed by atoms with Gasteiger partial charge in [0.1, 0.15) is 6.33 Å². The molecular weight excluding hydrogens is 312 g/mol. The summed E-state index contributed by atoms with van der Waals surface area (Å²) in [6.45, 7) is 0.566. The Bertz CT molecular complexity index is 874. The lowest BCUT2D eigenvalue weighted by Crippen LogP contribution is -2.24. The first-order valence-corrected chi connectivity index (χ1v) is 8.39. The van der Waals surface area contributed by atoms with Crippen molar-refractivity contribution >= 4 is 5.91 Å². The van der Waals surface area contributed by atoms with Gasteiger partial charge in [-0.2, -0.15) is 0 Å². The number of hydrogen-bond donors (Lipinski definition) is 1. The third-order valence-corrected chi connectivity index (χ3v) is 4.35. The van der Waals surface area contributed by atoms with E-state index in [1.807, 2.05) is 42.6 Å². The Morgan fingerprint density at radius 2 is 1.76 bits per heavy atom. The number of carbonyl (C=O) groups is 1. The Labute approximate surface area is 146 Å². The van der Waals surface area contributed by atoms with Crippen molar-refractivity contribution in [3.05, 3.63) is 66.9 Å². The molecule has 1 amide bonds. The number of aromatic nitrogens is 3. The summed E-state index contributed by atoms with van der Waals surface area (Å²) >= 11 is 0. The van der Waals surface area contributed by atoms with Crippen molar-refractivity contribution in [2.45, 2.75) is 19.4 Å². The van der Waals surface area contributed by atoms with Crippen molar-refractivity contribution in [1.82, 2.24) is 20.3 Å². The van der Waals surface area contributed by atoms with Gasteiger partial charge in [0.2, 0.25) is 5.91 Å². The third-order valence-electron chi connectivity index (χ3n) is 4.35. The molecular formula is C20H18N4O. The summed E-state index contributed by atoms with van der Waals surface area (Å²) < 4.78 is 0. The molecule has 5 heteroatoms. The summed E-state index contributed by atoms with van der Waals surface area (Å²) in [5.74, 6) is 0.406. The molecule has 1 aliphatic rings. The van der Waals surface area contributed by atoms with Crippen molar-refractivity contribution in [2.75, 3.05) is 0 Å². The van der Waals surface area contributed by atoms with Crippen LogP contribution in [-0.2, 0) is 11.3 Å². The highest BCUT2D eigenvalue weighted by Crippen LogP contribution is 2.30. The second kappa shape index (κ2) is 6.81. The second-order valence-corrected chi connectivity index (χ2v) is 6.21. The molecule has 0 unspecified atom stereocenters. The summed E-state index contributed by atoms with van der Waals surface area (Å²) in [5, 5.41) is 2.99. The lowest BCUT2D eigenvalue weighted by molar-refractivity contribution is -0.122. The number of amides is 1. The number of carbonyl (C=O) groups excluding carboxylic acids is 1. The van der Waals surface area contributed by atoms with E-state index in [2.05, 4.69) is 20.3 Å². The maximum Gasteiger partial charge on any atom is 0.223 e. The van der Waals surface area contributed by atoms with Gasteiger partial charge in [-0.05, 0) is 36.1 Å². The van der Waals surface area contributed by atoms with E-state index >= 15 is 0 Å². The summed E-state index contributed by atoms with van der Waals surface area (Å²) in [6, 6.07) is 12.0. The molecule has 3 aromatic rings. The van der Waals surface area contributed by atoms with Crippen LogP contribution in [0.25, 0.3) is 22.4 Å². The highest BCUT2D eigenvalue weighted by molar-refractivity contribution is 5.81. The van der Waals surface area contributed by atoms with Gasteiger partial charge in [0.25, 0.3) is 0 Å². The van der Waals surface area contributed by atoms with E-state index in [1.54, 1.807) is 18.7 Å². The Balaban J connectivity index is 1.55. The van der Waals surface area contributed by atoms with Crippen LogP contribution >= 0.6 is 0 Å². The van der Waals surface area contributed by atoms with Gasteiger partial charge in [-0.15, -0.1) is 0 Å². The molecule has 1 fully saturated rings. The number of nitrogens with one attached hydrogen (secondary N) is 1. The molecule has 0 saturated heterocycles. The highest BCUT2D eigenvalue weighted by Gasteiger charge is 2.29. The predicted molar refractivity (Wildman–Crippen MR) is 95.3 cm³/mol. The van der Waals surface area contributed by atoms with Crippen molar-refractivity contribution in [3.63, 3.8) is 0 Å². The quantitative estimate of drug-likeness (QED) is 0.780. The van der Waals surface area contributed by atoms with Gasteiger partial charge in [-0.3, -0.25) is 9.78 Å². The predicted octanol–water partition coefficient (Wildman–Crippen LogP) is 3.23. The van der Waals surface area contributed by atoms with Gasteiger partial charge in [0.05, 0.1) is 5.69 Å². The van der Waals surface area contributed by atoms with Crippen LogP contribution in [0.15, 0.2) is 61.3 Å². The van der Waals surface area contributed by atoms with Crippen molar-refractivity contribution in [3.8, 4) is 22.4 Å². The Kier molecular flexibility index (Phi) is 4.21. The molecule has 1 N–H and O–H groups in total. The highest BCUT2D eigenvalue weighted by atomic mass is 16.2. The van der Waals surface area contributed by atoms with Crippen LogP contribution in [0.3, 0.4) is 0 Å². The number of benzene rings is 1. The first-order valence-electron chi connectivity index (χ1n) is 8.39. The fourth-order valence-electron chi connectivity index (χ4n) is 2.76. The van der Waals surface area contributed by atoms with E-state index in [9.17, 15) is 4.79 Å². The number of rotatable bonds is 5. The molecule has 0 aliphatic heterocycles. The molecule has 0 radical (unpaired) electrons. The Morgan fingerprint density at radius 3 is 2.48 bits per heavy atom. The summed E-state index contributed by atoms with van der Waals surface area (Å²) in [4.78, 5) is 24.4. The van der Waals surface area contributed by atoms with Crippen molar-refractivity contribution in [1.29, 1.82) is 0 Å². The van der Waals surface area contributed by atoms with E-state index in [0.717, 1.165) is 40.8 Å². The molecule has 5 nitrogen and oxygen atoms in total. The van der Waals surface area contributed by atoms with E-state index in [-0.39, 0.29) is 11.8 Å². The van der Waals surface area contributed by atoms with Crippen LogP contribution in [0.2, 0.25) is 0 Å². The second-order valence-electron chi connectivity index (χ2n) is 6.21. The molecule has 1 aromatic carbocycles. The minimum atomic E-state index is 0.167. The minimum absolute atomic E-state index is 0.167. The van der Waals surface area contributed by atoms with Crippen LogP contribution in [0.1, 0.15) is 18.4 Å². The maximum atomic E-state index is 11.7. The number of nitrogens with zero attached hydrogens (tertiary/aromatic N) is 3. The largest absolute Gasteiger partial charge is 0.352 e. The van der Waals surface area contributed by atoms with E-state index in [4.69, 9.17) is 0 Å². The molecule has 1 saturated carbocycles. The van der Waals surface area contributed by atoms with Gasteiger partial charge in [0.15, 0.2) is 0 Å².